The first-order chi connectivity index (χ1) is 5.61. The molecule has 0 aromatic heterocycles. The van der Waals surface area contributed by atoms with Crippen molar-refractivity contribution < 1.29 is 9.59 Å². The summed E-state index contributed by atoms with van der Waals surface area (Å²) in [4.78, 5) is 21.3. The molecule has 0 saturated carbocycles. The lowest BCUT2D eigenvalue weighted by molar-refractivity contribution is -0.115. The van der Waals surface area contributed by atoms with E-state index in [0.717, 1.165) is 0 Å². The van der Waals surface area contributed by atoms with E-state index in [-0.39, 0.29) is 11.2 Å². The second kappa shape index (κ2) is 4.06. The summed E-state index contributed by atoms with van der Waals surface area (Å²) in [5.74, 6) is -0.133. The molecule has 0 N–H and O–H groups in total. The fourth-order valence-electron chi connectivity index (χ4n) is 1.22. The fourth-order valence-corrected chi connectivity index (χ4v) is 1.59. The predicted molar refractivity (Wildman–Crippen MR) is 47.1 cm³/mol. The average molecular weight is 207 g/mol. The van der Waals surface area contributed by atoms with Crippen LogP contribution in [-0.2, 0) is 9.59 Å². The first kappa shape index (κ1) is 9.75. The van der Waals surface area contributed by atoms with Crippen molar-refractivity contribution in [3.05, 3.63) is 11.6 Å². The molecule has 0 aromatic carbocycles. The summed E-state index contributed by atoms with van der Waals surface area (Å²) < 4.78 is 0. The molecule has 2 nitrogen and oxygen atoms in total. The molecule has 4 heteroatoms. The van der Waals surface area contributed by atoms with Gasteiger partial charge in [-0.1, -0.05) is 6.08 Å². The van der Waals surface area contributed by atoms with E-state index in [1.54, 1.807) is 6.08 Å². The molecule has 1 aliphatic rings. The van der Waals surface area contributed by atoms with Crippen LogP contribution in [0, 0.1) is 5.92 Å². The molecule has 0 aliphatic heterocycles. The Kier molecular flexibility index (Phi) is 3.29. The van der Waals surface area contributed by atoms with Crippen molar-refractivity contribution in [3.8, 4) is 0 Å². The molecule has 0 heterocycles. The smallest absolute Gasteiger partial charge is 0.248 e. The summed E-state index contributed by atoms with van der Waals surface area (Å²) in [5.41, 5.74) is 0.603. The van der Waals surface area contributed by atoms with Gasteiger partial charge in [0.1, 0.15) is 0 Å². The second-order valence-corrected chi connectivity index (χ2v) is 3.49. The van der Waals surface area contributed by atoms with Crippen molar-refractivity contribution in [1.82, 2.24) is 0 Å². The molecule has 0 spiro atoms. The number of carbonyl (C=O) groups excluding carboxylic acids is 2. The van der Waals surface area contributed by atoms with Crippen LogP contribution >= 0.6 is 23.2 Å². The zero-order chi connectivity index (χ0) is 9.14. The van der Waals surface area contributed by atoms with Gasteiger partial charge in [0.05, 0.1) is 0 Å². The largest absolute Gasteiger partial charge is 0.281 e. The van der Waals surface area contributed by atoms with Crippen molar-refractivity contribution in [2.75, 3.05) is 0 Å². The van der Waals surface area contributed by atoms with E-state index in [9.17, 15) is 9.59 Å². The van der Waals surface area contributed by atoms with Gasteiger partial charge in [-0.2, -0.15) is 0 Å². The molecule has 12 heavy (non-hydrogen) atoms. The topological polar surface area (TPSA) is 34.1 Å². The standard InChI is InChI=1S/C8H8Cl2O2/c9-7(11)5-1-2-6(4-3-5)8(10)12/h1,6H,2-4H2. The van der Waals surface area contributed by atoms with Crippen LogP contribution in [0.1, 0.15) is 19.3 Å². The molecule has 1 rings (SSSR count). The molecular formula is C8H8Cl2O2. The molecule has 1 atom stereocenters. The number of hydrogen-bond donors (Lipinski definition) is 0. The fraction of sp³-hybridized carbons (Fsp3) is 0.500. The Morgan fingerprint density at radius 2 is 2.08 bits per heavy atom. The number of halogens is 2. The van der Waals surface area contributed by atoms with E-state index in [1.165, 1.54) is 0 Å². The van der Waals surface area contributed by atoms with E-state index in [0.29, 0.717) is 24.8 Å². The zero-order valence-corrected chi connectivity index (χ0v) is 7.86. The molecule has 0 bridgehead atoms. The molecular weight excluding hydrogens is 199 g/mol. The highest BCUT2D eigenvalue weighted by molar-refractivity contribution is 6.67. The highest BCUT2D eigenvalue weighted by Crippen LogP contribution is 2.26. The lowest BCUT2D eigenvalue weighted by Gasteiger charge is -2.15. The van der Waals surface area contributed by atoms with E-state index in [2.05, 4.69) is 0 Å². The first-order valence-electron chi connectivity index (χ1n) is 3.69. The summed E-state index contributed by atoms with van der Waals surface area (Å²) in [6.07, 6.45) is 3.43. The van der Waals surface area contributed by atoms with Gasteiger partial charge < -0.3 is 0 Å². The lowest BCUT2D eigenvalue weighted by atomic mass is 9.91. The van der Waals surface area contributed by atoms with Crippen LogP contribution in [0.3, 0.4) is 0 Å². The summed E-state index contributed by atoms with van der Waals surface area (Å²) in [6, 6.07) is 0. The maximum atomic E-state index is 10.7. The lowest BCUT2D eigenvalue weighted by Crippen LogP contribution is -2.13. The molecule has 0 aromatic rings. The Bertz CT molecular complexity index is 245. The van der Waals surface area contributed by atoms with Crippen LogP contribution in [0.25, 0.3) is 0 Å². The number of carbonyl (C=O) groups is 2. The Labute approximate surface area is 80.5 Å². The minimum Gasteiger partial charge on any atom is -0.281 e. The second-order valence-electron chi connectivity index (χ2n) is 2.78. The van der Waals surface area contributed by atoms with Crippen LogP contribution < -0.4 is 0 Å². The van der Waals surface area contributed by atoms with Gasteiger partial charge >= 0.3 is 0 Å². The third-order valence-electron chi connectivity index (χ3n) is 1.98. The van der Waals surface area contributed by atoms with Crippen molar-refractivity contribution in [2.24, 2.45) is 5.92 Å². The summed E-state index contributed by atoms with van der Waals surface area (Å²) in [6.45, 7) is 0. The van der Waals surface area contributed by atoms with Gasteiger partial charge in [0.25, 0.3) is 0 Å². The highest BCUT2D eigenvalue weighted by Gasteiger charge is 2.21. The molecule has 66 valence electrons. The number of hydrogen-bond acceptors (Lipinski definition) is 2. The van der Waals surface area contributed by atoms with E-state index in [1.807, 2.05) is 0 Å². The molecule has 1 unspecified atom stereocenters. The van der Waals surface area contributed by atoms with Crippen molar-refractivity contribution >= 4 is 33.7 Å². The van der Waals surface area contributed by atoms with Gasteiger partial charge in [0.15, 0.2) is 0 Å². The number of rotatable bonds is 2. The molecule has 1 aliphatic carbocycles. The Hall–Kier alpha value is -0.340. The molecule has 0 amide bonds. The maximum Gasteiger partial charge on any atom is 0.248 e. The van der Waals surface area contributed by atoms with Gasteiger partial charge in [-0.25, -0.2) is 0 Å². The third-order valence-corrected chi connectivity index (χ3v) is 2.54. The van der Waals surface area contributed by atoms with Crippen molar-refractivity contribution in [1.29, 1.82) is 0 Å². The Morgan fingerprint density at radius 3 is 2.42 bits per heavy atom. The monoisotopic (exact) mass is 206 g/mol. The SMILES string of the molecule is O=C(Cl)C1=CCC(C(=O)Cl)CC1. The summed E-state index contributed by atoms with van der Waals surface area (Å²) in [5, 5.41) is -0.747. The predicted octanol–water partition coefficient (Wildman–Crippen LogP) is 2.24. The number of allylic oxidation sites excluding steroid dienone is 2. The van der Waals surface area contributed by atoms with Crippen molar-refractivity contribution in [3.63, 3.8) is 0 Å². The first-order valence-corrected chi connectivity index (χ1v) is 4.45. The third kappa shape index (κ3) is 2.32. The van der Waals surface area contributed by atoms with Gasteiger partial charge in [-0.05, 0) is 42.5 Å². The molecule has 0 saturated heterocycles. The average Bonchev–Trinajstić information content (AvgIpc) is 2.04. The zero-order valence-electron chi connectivity index (χ0n) is 6.35. The van der Waals surface area contributed by atoms with Crippen LogP contribution in [0.4, 0.5) is 0 Å². The summed E-state index contributed by atoms with van der Waals surface area (Å²) in [7, 11) is 0. The van der Waals surface area contributed by atoms with Gasteiger partial charge in [0.2, 0.25) is 10.5 Å². The maximum absolute atomic E-state index is 10.7. The van der Waals surface area contributed by atoms with E-state index >= 15 is 0 Å². The van der Waals surface area contributed by atoms with Crippen LogP contribution in [0.15, 0.2) is 11.6 Å². The van der Waals surface area contributed by atoms with E-state index < -0.39 is 5.24 Å². The van der Waals surface area contributed by atoms with E-state index in [4.69, 9.17) is 23.2 Å². The Morgan fingerprint density at radius 1 is 1.42 bits per heavy atom. The quantitative estimate of drug-likeness (QED) is 0.650. The van der Waals surface area contributed by atoms with Gasteiger partial charge in [-0.15, -0.1) is 0 Å². The van der Waals surface area contributed by atoms with Gasteiger partial charge in [-0.3, -0.25) is 9.59 Å². The van der Waals surface area contributed by atoms with Crippen LogP contribution in [0.2, 0.25) is 0 Å². The Balaban J connectivity index is 2.59. The highest BCUT2D eigenvalue weighted by atomic mass is 35.5. The molecule has 0 fully saturated rings. The molecule has 0 radical (unpaired) electrons. The van der Waals surface area contributed by atoms with Crippen molar-refractivity contribution in [2.45, 2.75) is 19.3 Å². The summed E-state index contributed by atoms with van der Waals surface area (Å²) >= 11 is 10.6. The van der Waals surface area contributed by atoms with Crippen LogP contribution in [0.5, 0.6) is 0 Å². The van der Waals surface area contributed by atoms with Crippen LogP contribution in [-0.4, -0.2) is 10.5 Å². The normalized spacial score (nSPS) is 23.2. The van der Waals surface area contributed by atoms with Gasteiger partial charge in [0, 0.05) is 11.5 Å². The minimum atomic E-state index is -0.421. The minimum absolute atomic E-state index is 0.133.